The molecule has 4 rings (SSSR count). The topological polar surface area (TPSA) is 95.8 Å². The molecule has 0 bridgehead atoms. The van der Waals surface area contributed by atoms with Crippen molar-refractivity contribution in [3.63, 3.8) is 0 Å². The quantitative estimate of drug-likeness (QED) is 0.570. The fourth-order valence-corrected chi connectivity index (χ4v) is 3.33. The minimum absolute atomic E-state index is 0.104. The van der Waals surface area contributed by atoms with Crippen LogP contribution in [0.15, 0.2) is 53.8 Å². The van der Waals surface area contributed by atoms with Gasteiger partial charge in [0.25, 0.3) is 17.7 Å². The summed E-state index contributed by atoms with van der Waals surface area (Å²) >= 11 is 5.75. The lowest BCUT2D eigenvalue weighted by Crippen LogP contribution is -2.30. The van der Waals surface area contributed by atoms with Crippen molar-refractivity contribution in [3.8, 4) is 0 Å². The van der Waals surface area contributed by atoms with Crippen molar-refractivity contribution in [2.75, 3.05) is 18.0 Å². The zero-order valence-electron chi connectivity index (χ0n) is 15.2. The number of aromatic nitrogens is 2. The second kappa shape index (κ2) is 7.92. The van der Waals surface area contributed by atoms with E-state index in [1.807, 2.05) is 0 Å². The maximum absolute atomic E-state index is 12.7. The number of anilines is 1. The third kappa shape index (κ3) is 4.07. The summed E-state index contributed by atoms with van der Waals surface area (Å²) in [7, 11) is 0. The fourth-order valence-electron chi connectivity index (χ4n) is 3.23. The number of rotatable bonds is 4. The Morgan fingerprint density at radius 2 is 1.76 bits per heavy atom. The van der Waals surface area contributed by atoms with E-state index in [2.05, 4.69) is 15.0 Å². The van der Waals surface area contributed by atoms with Crippen LogP contribution in [-0.2, 0) is 9.59 Å². The molecular weight excluding hydrogens is 394 g/mol. The van der Waals surface area contributed by atoms with Crippen LogP contribution in [-0.4, -0.2) is 51.9 Å². The molecule has 3 heterocycles. The lowest BCUT2D eigenvalue weighted by molar-refractivity contribution is -0.119. The molecule has 3 amide bonds. The van der Waals surface area contributed by atoms with Gasteiger partial charge in [0.1, 0.15) is 0 Å². The van der Waals surface area contributed by atoms with Crippen LogP contribution in [0.25, 0.3) is 0 Å². The minimum Gasteiger partial charge on any atom is -0.338 e. The molecule has 1 aromatic heterocycles. The van der Waals surface area contributed by atoms with E-state index in [1.54, 1.807) is 35.4 Å². The molecule has 1 atom stereocenters. The fraction of sp³-hybridized carbons (Fsp3) is 0.200. The zero-order valence-corrected chi connectivity index (χ0v) is 16.0. The summed E-state index contributed by atoms with van der Waals surface area (Å²) in [5, 5.41) is 0.447. The molecule has 9 heteroatoms. The van der Waals surface area contributed by atoms with Gasteiger partial charge in [0, 0.05) is 42.9 Å². The smallest absolute Gasteiger partial charge is 0.258 e. The Balaban J connectivity index is 1.38. The van der Waals surface area contributed by atoms with E-state index in [9.17, 15) is 14.4 Å². The van der Waals surface area contributed by atoms with Crippen molar-refractivity contribution in [1.29, 1.82) is 0 Å². The largest absolute Gasteiger partial charge is 0.338 e. The van der Waals surface area contributed by atoms with Gasteiger partial charge in [0.2, 0.25) is 5.95 Å². The molecule has 0 N–H and O–H groups in total. The van der Waals surface area contributed by atoms with E-state index in [-0.39, 0.29) is 23.6 Å². The molecule has 29 heavy (non-hydrogen) atoms. The van der Waals surface area contributed by atoms with Gasteiger partial charge in [-0.25, -0.2) is 19.9 Å². The standard InChI is InChI=1S/C20H16ClN5O3/c21-15-10-23-20(24-11-15)22-9-13-7-8-25(12-13)19(29)14-1-3-16(4-2-14)26-17(27)5-6-18(26)28/h1-6,9-11,13H,7-8,12H2/b22-9+. The van der Waals surface area contributed by atoms with Gasteiger partial charge in [-0.3, -0.25) is 14.4 Å². The lowest BCUT2D eigenvalue weighted by atomic mass is 10.1. The second-order valence-corrected chi connectivity index (χ2v) is 7.11. The summed E-state index contributed by atoms with van der Waals surface area (Å²) in [6.07, 6.45) is 7.97. The van der Waals surface area contributed by atoms with Crippen molar-refractivity contribution in [2.45, 2.75) is 6.42 Å². The number of likely N-dealkylation sites (tertiary alicyclic amines) is 1. The average molecular weight is 410 g/mol. The third-order valence-electron chi connectivity index (χ3n) is 4.70. The monoisotopic (exact) mass is 409 g/mol. The van der Waals surface area contributed by atoms with Crippen LogP contribution < -0.4 is 4.90 Å². The Bertz CT molecular complexity index is 999. The van der Waals surface area contributed by atoms with Gasteiger partial charge in [-0.1, -0.05) is 11.6 Å². The summed E-state index contributed by atoms with van der Waals surface area (Å²) in [5.41, 5.74) is 0.940. The summed E-state index contributed by atoms with van der Waals surface area (Å²) in [6, 6.07) is 6.45. The Morgan fingerprint density at radius 1 is 1.10 bits per heavy atom. The van der Waals surface area contributed by atoms with Crippen LogP contribution in [0.4, 0.5) is 11.6 Å². The highest BCUT2D eigenvalue weighted by Crippen LogP contribution is 2.22. The molecule has 8 nitrogen and oxygen atoms in total. The molecule has 146 valence electrons. The third-order valence-corrected chi connectivity index (χ3v) is 4.90. The molecule has 0 spiro atoms. The number of imide groups is 1. The van der Waals surface area contributed by atoms with Gasteiger partial charge in [0.05, 0.1) is 23.1 Å². The van der Waals surface area contributed by atoms with Crippen molar-refractivity contribution in [1.82, 2.24) is 14.9 Å². The highest BCUT2D eigenvalue weighted by atomic mass is 35.5. The summed E-state index contributed by atoms with van der Waals surface area (Å²) in [4.78, 5) is 51.3. The minimum atomic E-state index is -0.389. The first-order valence-electron chi connectivity index (χ1n) is 8.98. The number of hydrogen-bond donors (Lipinski definition) is 0. The average Bonchev–Trinajstić information content (AvgIpc) is 3.34. The maximum atomic E-state index is 12.7. The summed E-state index contributed by atoms with van der Waals surface area (Å²) < 4.78 is 0. The Labute approximate surface area is 171 Å². The normalized spacial score (nSPS) is 19.0. The molecule has 0 saturated carbocycles. The first-order valence-corrected chi connectivity index (χ1v) is 9.36. The summed E-state index contributed by atoms with van der Waals surface area (Å²) in [6.45, 7) is 1.16. The van der Waals surface area contributed by atoms with Gasteiger partial charge in [-0.05, 0) is 30.7 Å². The van der Waals surface area contributed by atoms with Crippen molar-refractivity contribution in [3.05, 3.63) is 59.4 Å². The number of benzene rings is 1. The van der Waals surface area contributed by atoms with Crippen LogP contribution in [0.3, 0.4) is 0 Å². The predicted molar refractivity (Wildman–Crippen MR) is 107 cm³/mol. The molecule has 1 saturated heterocycles. The maximum Gasteiger partial charge on any atom is 0.258 e. The van der Waals surface area contributed by atoms with Crippen LogP contribution >= 0.6 is 11.6 Å². The van der Waals surface area contributed by atoms with Crippen LogP contribution in [0.2, 0.25) is 5.02 Å². The number of nitrogens with zero attached hydrogens (tertiary/aromatic N) is 5. The van der Waals surface area contributed by atoms with E-state index in [0.29, 0.717) is 35.3 Å². The Morgan fingerprint density at radius 3 is 2.41 bits per heavy atom. The molecule has 2 aliphatic heterocycles. The van der Waals surface area contributed by atoms with Gasteiger partial charge >= 0.3 is 0 Å². The second-order valence-electron chi connectivity index (χ2n) is 6.67. The van der Waals surface area contributed by atoms with E-state index >= 15 is 0 Å². The lowest BCUT2D eigenvalue weighted by Gasteiger charge is -2.17. The van der Waals surface area contributed by atoms with Crippen LogP contribution in [0.1, 0.15) is 16.8 Å². The number of carbonyl (C=O) groups excluding carboxylic acids is 3. The number of amides is 3. The van der Waals surface area contributed by atoms with Crippen LogP contribution in [0, 0.1) is 5.92 Å². The molecular formula is C20H16ClN5O3. The van der Waals surface area contributed by atoms with Crippen molar-refractivity contribution < 1.29 is 14.4 Å². The molecule has 1 fully saturated rings. The highest BCUT2D eigenvalue weighted by molar-refractivity contribution is 6.30. The molecule has 1 unspecified atom stereocenters. The number of halogens is 1. The Kier molecular flexibility index (Phi) is 5.18. The molecule has 2 aromatic rings. The number of hydrogen-bond acceptors (Lipinski definition) is 6. The SMILES string of the molecule is O=C(c1ccc(N2C(=O)C=CC2=O)cc1)N1CCC(/C=N/c2ncc(Cl)cn2)C1. The highest BCUT2D eigenvalue weighted by Gasteiger charge is 2.28. The van der Waals surface area contributed by atoms with Gasteiger partial charge in [0.15, 0.2) is 0 Å². The van der Waals surface area contributed by atoms with Gasteiger partial charge in [-0.15, -0.1) is 0 Å². The van der Waals surface area contributed by atoms with Crippen LogP contribution in [0.5, 0.6) is 0 Å². The van der Waals surface area contributed by atoms with Crippen molar-refractivity contribution >= 4 is 47.2 Å². The van der Waals surface area contributed by atoms with Crippen molar-refractivity contribution in [2.24, 2.45) is 10.9 Å². The Hall–Kier alpha value is -3.39. The van der Waals surface area contributed by atoms with E-state index in [1.165, 1.54) is 24.5 Å². The zero-order chi connectivity index (χ0) is 20.4. The molecule has 2 aliphatic rings. The molecule has 1 aromatic carbocycles. The van der Waals surface area contributed by atoms with E-state index < -0.39 is 0 Å². The first kappa shape index (κ1) is 18.9. The first-order chi connectivity index (χ1) is 14.0. The number of carbonyl (C=O) groups is 3. The molecule has 0 radical (unpaired) electrons. The van der Waals surface area contributed by atoms with E-state index in [4.69, 9.17) is 11.6 Å². The van der Waals surface area contributed by atoms with Gasteiger partial charge < -0.3 is 4.90 Å². The molecule has 0 aliphatic carbocycles. The van der Waals surface area contributed by atoms with E-state index in [0.717, 1.165) is 11.3 Å². The predicted octanol–water partition coefficient (Wildman–Crippen LogP) is 2.42. The number of aliphatic imine (C=N–C) groups is 1. The summed E-state index contributed by atoms with van der Waals surface area (Å²) in [5.74, 6) is -0.438. The van der Waals surface area contributed by atoms with Gasteiger partial charge in [-0.2, -0.15) is 0 Å².